The summed E-state index contributed by atoms with van der Waals surface area (Å²) in [6, 6.07) is 20.2. The average Bonchev–Trinajstić information content (AvgIpc) is 2.68. The zero-order valence-electron chi connectivity index (χ0n) is 14.5. The molecule has 0 heterocycles. The second-order valence-corrected chi connectivity index (χ2v) is 5.90. The summed E-state index contributed by atoms with van der Waals surface area (Å²) >= 11 is 0. The normalized spacial score (nSPS) is 11.1. The van der Waals surface area contributed by atoms with Crippen LogP contribution in [0.3, 0.4) is 0 Å². The van der Waals surface area contributed by atoms with E-state index in [0.717, 1.165) is 11.3 Å². The summed E-state index contributed by atoms with van der Waals surface area (Å²) in [6.07, 6.45) is 0. The van der Waals surface area contributed by atoms with E-state index in [4.69, 9.17) is 0 Å². The van der Waals surface area contributed by atoms with E-state index in [2.05, 4.69) is 15.5 Å². The number of benzene rings is 3. The van der Waals surface area contributed by atoms with Crippen molar-refractivity contribution in [1.82, 2.24) is 0 Å². The predicted molar refractivity (Wildman–Crippen MR) is 104 cm³/mol. The van der Waals surface area contributed by atoms with Gasteiger partial charge in [-0.15, -0.1) is 0 Å². The number of nitrogens with zero attached hydrogens (tertiary/aromatic N) is 2. The zero-order valence-corrected chi connectivity index (χ0v) is 14.5. The number of quaternary nitrogens is 1. The van der Waals surface area contributed by atoms with Gasteiger partial charge in [0.2, 0.25) is 0 Å². The number of rotatable bonds is 5. The van der Waals surface area contributed by atoms with Crippen molar-refractivity contribution in [3.05, 3.63) is 94.3 Å². The van der Waals surface area contributed by atoms with Crippen LogP contribution in [0.15, 0.2) is 83.0 Å². The Morgan fingerprint density at radius 3 is 1.85 bits per heavy atom. The van der Waals surface area contributed by atoms with Crippen LogP contribution in [0.4, 0.5) is 22.7 Å². The Morgan fingerprint density at radius 2 is 1.33 bits per heavy atom. The van der Waals surface area contributed by atoms with E-state index < -0.39 is 5.23 Å². The molecule has 3 aromatic carbocycles. The highest BCUT2D eigenvalue weighted by molar-refractivity contribution is 6.04. The fraction of sp³-hybridized carbons (Fsp3) is 0.0500. The van der Waals surface area contributed by atoms with E-state index in [1.807, 2.05) is 31.2 Å². The number of carbonyl (C=O) groups is 1. The van der Waals surface area contributed by atoms with Crippen LogP contribution in [-0.2, 0) is 0 Å². The molecular weight excluding hydrogens is 344 g/mol. The third-order valence-electron chi connectivity index (χ3n) is 3.82. The molecule has 0 bridgehead atoms. The Morgan fingerprint density at radius 1 is 0.815 bits per heavy atom. The molecule has 7 heteroatoms. The summed E-state index contributed by atoms with van der Waals surface area (Å²) in [7, 11) is 0. The van der Waals surface area contributed by atoms with E-state index in [1.54, 1.807) is 24.3 Å². The standard InChI is InChI=1S/C20H17N4O3/c1-14-2-6-17(7-3-14)22-23-18-10-8-16(9-11-18)21-20(25)15-4-12-19(13-5-15)24(26)27/h2-13,24H,1H3,(H,21,25)/q-1. The van der Waals surface area contributed by atoms with Gasteiger partial charge in [0, 0.05) is 23.4 Å². The molecule has 3 aromatic rings. The second-order valence-electron chi connectivity index (χ2n) is 5.90. The highest BCUT2D eigenvalue weighted by atomic mass is 16.8. The summed E-state index contributed by atoms with van der Waals surface area (Å²) in [5.41, 5.74) is 3.55. The Labute approximate surface area is 156 Å². The summed E-state index contributed by atoms with van der Waals surface area (Å²) < 4.78 is 0. The van der Waals surface area contributed by atoms with E-state index in [9.17, 15) is 15.2 Å². The molecule has 27 heavy (non-hydrogen) atoms. The highest BCUT2D eigenvalue weighted by Gasteiger charge is 2.07. The van der Waals surface area contributed by atoms with E-state index >= 15 is 0 Å². The molecule has 0 unspecified atom stereocenters. The van der Waals surface area contributed by atoms with Crippen molar-refractivity contribution >= 4 is 28.7 Å². The molecule has 2 N–H and O–H groups in total. The van der Waals surface area contributed by atoms with Gasteiger partial charge in [0.1, 0.15) is 5.69 Å². The van der Waals surface area contributed by atoms with Gasteiger partial charge >= 0.3 is 0 Å². The fourth-order valence-electron chi connectivity index (χ4n) is 2.30. The Hall–Kier alpha value is -3.39. The van der Waals surface area contributed by atoms with Crippen molar-refractivity contribution in [3.8, 4) is 0 Å². The van der Waals surface area contributed by atoms with Gasteiger partial charge in [0.25, 0.3) is 5.91 Å². The number of nitrogens with one attached hydrogen (secondary N) is 2. The predicted octanol–water partition coefficient (Wildman–Crippen LogP) is 4.17. The maximum absolute atomic E-state index is 12.2. The van der Waals surface area contributed by atoms with Gasteiger partial charge in [0.05, 0.1) is 11.4 Å². The molecule has 0 aromatic heterocycles. The van der Waals surface area contributed by atoms with Crippen LogP contribution in [-0.4, -0.2) is 5.91 Å². The molecule has 0 aliphatic heterocycles. The van der Waals surface area contributed by atoms with Crippen LogP contribution in [0, 0.1) is 17.3 Å². The molecule has 0 fully saturated rings. The number of hydrogen-bond donors (Lipinski definition) is 2. The third kappa shape index (κ3) is 5.05. The average molecular weight is 361 g/mol. The van der Waals surface area contributed by atoms with Crippen LogP contribution in [0.5, 0.6) is 0 Å². The molecule has 0 atom stereocenters. The van der Waals surface area contributed by atoms with Crippen molar-refractivity contribution in [2.45, 2.75) is 6.92 Å². The Bertz CT molecular complexity index is 934. The molecule has 7 nitrogen and oxygen atoms in total. The smallest absolute Gasteiger partial charge is 0.255 e. The highest BCUT2D eigenvalue weighted by Crippen LogP contribution is 2.21. The number of aryl methyl sites for hydroxylation is 1. The number of azo groups is 1. The first kappa shape index (κ1) is 18.4. The number of anilines is 1. The summed E-state index contributed by atoms with van der Waals surface area (Å²) in [5.74, 6) is -0.339. The molecule has 0 spiro atoms. The lowest BCUT2D eigenvalue weighted by Gasteiger charge is -2.24. The van der Waals surface area contributed by atoms with Gasteiger partial charge in [0.15, 0.2) is 0 Å². The van der Waals surface area contributed by atoms with Crippen LogP contribution < -0.4 is 10.5 Å². The Balaban J connectivity index is 1.63. The molecule has 0 saturated carbocycles. The first-order valence-electron chi connectivity index (χ1n) is 8.22. The zero-order chi connectivity index (χ0) is 19.2. The van der Waals surface area contributed by atoms with Gasteiger partial charge in [-0.25, -0.2) is 0 Å². The topological polar surface area (TPSA) is 104 Å². The van der Waals surface area contributed by atoms with E-state index in [-0.39, 0.29) is 11.6 Å². The van der Waals surface area contributed by atoms with Crippen molar-refractivity contribution in [3.63, 3.8) is 0 Å². The molecular formula is C20H17N4O3-. The molecule has 0 radical (unpaired) electrons. The van der Waals surface area contributed by atoms with Gasteiger partial charge in [-0.2, -0.15) is 10.2 Å². The molecule has 0 aliphatic rings. The lowest BCUT2D eigenvalue weighted by atomic mass is 10.2. The minimum absolute atomic E-state index is 0.0230. The SMILES string of the molecule is Cc1ccc(N=Nc2ccc(NC(=O)c3ccc([NH+]([O-])[O-])cc3)cc2)cc1. The van der Waals surface area contributed by atoms with Gasteiger partial charge in [-0.3, -0.25) is 4.79 Å². The van der Waals surface area contributed by atoms with Crippen LogP contribution in [0.1, 0.15) is 15.9 Å². The lowest BCUT2D eigenvalue weighted by molar-refractivity contribution is -0.715. The maximum Gasteiger partial charge on any atom is 0.255 e. The summed E-state index contributed by atoms with van der Waals surface area (Å²) in [4.78, 5) is 12.2. The quantitative estimate of drug-likeness (QED) is 0.526. The van der Waals surface area contributed by atoms with Crippen molar-refractivity contribution in [2.75, 3.05) is 5.32 Å². The molecule has 3 rings (SSSR count). The third-order valence-corrected chi connectivity index (χ3v) is 3.82. The van der Waals surface area contributed by atoms with Crippen LogP contribution in [0.25, 0.3) is 0 Å². The first-order chi connectivity index (χ1) is 13.0. The van der Waals surface area contributed by atoms with Crippen LogP contribution in [0.2, 0.25) is 0 Å². The largest absolute Gasteiger partial charge is 0.628 e. The van der Waals surface area contributed by atoms with E-state index in [1.165, 1.54) is 24.3 Å². The van der Waals surface area contributed by atoms with Crippen molar-refractivity contribution in [1.29, 1.82) is 0 Å². The number of carbonyl (C=O) groups excluding carboxylic acids is 1. The van der Waals surface area contributed by atoms with Gasteiger partial charge in [-0.05, 0) is 55.5 Å². The van der Waals surface area contributed by atoms with Gasteiger partial charge < -0.3 is 21.0 Å². The monoisotopic (exact) mass is 361 g/mol. The molecule has 136 valence electrons. The number of amides is 1. The first-order valence-corrected chi connectivity index (χ1v) is 8.22. The van der Waals surface area contributed by atoms with Crippen LogP contribution >= 0.6 is 0 Å². The molecule has 0 saturated heterocycles. The summed E-state index contributed by atoms with van der Waals surface area (Å²) in [6.45, 7) is 2.01. The maximum atomic E-state index is 12.2. The van der Waals surface area contributed by atoms with Gasteiger partial charge in [-0.1, -0.05) is 17.7 Å². The second kappa shape index (κ2) is 8.33. The van der Waals surface area contributed by atoms with Crippen molar-refractivity contribution in [2.24, 2.45) is 10.2 Å². The van der Waals surface area contributed by atoms with Crippen molar-refractivity contribution < 1.29 is 10.0 Å². The number of hydrogen-bond acceptors (Lipinski definition) is 5. The Kier molecular flexibility index (Phi) is 5.68. The molecule has 1 amide bonds. The fourth-order valence-corrected chi connectivity index (χ4v) is 2.30. The minimum atomic E-state index is -1.28. The lowest BCUT2D eigenvalue weighted by Crippen LogP contribution is -2.96. The summed E-state index contributed by atoms with van der Waals surface area (Å²) in [5, 5.41) is 31.3. The molecule has 0 aliphatic carbocycles. The minimum Gasteiger partial charge on any atom is -0.628 e. The van der Waals surface area contributed by atoms with E-state index in [0.29, 0.717) is 16.9 Å².